The van der Waals surface area contributed by atoms with E-state index in [0.29, 0.717) is 5.69 Å². The van der Waals surface area contributed by atoms with Crippen molar-refractivity contribution in [1.82, 2.24) is 4.98 Å². The lowest BCUT2D eigenvalue weighted by Crippen LogP contribution is -2.07. The van der Waals surface area contributed by atoms with Crippen LogP contribution in [0, 0.1) is 0 Å². The number of fused-ring (bicyclic) bond motifs is 1. The molecule has 0 radical (unpaired) electrons. The second-order valence-corrected chi connectivity index (χ2v) is 7.20. The summed E-state index contributed by atoms with van der Waals surface area (Å²) in [5.74, 6) is 0.733. The van der Waals surface area contributed by atoms with Gasteiger partial charge in [0.05, 0.1) is 22.0 Å². The molecule has 0 saturated heterocycles. The van der Waals surface area contributed by atoms with Crippen LogP contribution in [-0.4, -0.2) is 11.1 Å². The second kappa shape index (κ2) is 5.95. The van der Waals surface area contributed by atoms with Crippen molar-refractivity contribution < 1.29 is 4.74 Å². The van der Waals surface area contributed by atoms with Gasteiger partial charge in [-0.15, -0.1) is 11.3 Å². The molecule has 2 aromatic carbocycles. The first-order chi connectivity index (χ1) is 10.1. The molecule has 1 heterocycles. The lowest BCUT2D eigenvalue weighted by Gasteiger charge is -2.13. The van der Waals surface area contributed by atoms with Gasteiger partial charge in [-0.3, -0.25) is 0 Å². The first kappa shape index (κ1) is 14.2. The molecule has 0 aliphatic rings. The highest BCUT2D eigenvalue weighted by atomic mass is 32.2. The maximum absolute atomic E-state index is 6.20. The Kier molecular flexibility index (Phi) is 4.03. The number of thiazole rings is 1. The highest BCUT2D eigenvalue weighted by Crippen LogP contribution is 2.40. The highest BCUT2D eigenvalue weighted by molar-refractivity contribution is 8.01. The Morgan fingerprint density at radius 2 is 1.95 bits per heavy atom. The van der Waals surface area contributed by atoms with E-state index in [2.05, 4.69) is 11.1 Å². The van der Waals surface area contributed by atoms with Crippen molar-refractivity contribution >= 4 is 39.0 Å². The summed E-state index contributed by atoms with van der Waals surface area (Å²) in [7, 11) is 0. The molecule has 1 aromatic heterocycles. The molecule has 3 aromatic rings. The van der Waals surface area contributed by atoms with Gasteiger partial charge in [-0.25, -0.2) is 4.98 Å². The monoisotopic (exact) mass is 316 g/mol. The summed E-state index contributed by atoms with van der Waals surface area (Å²) in [5.41, 5.74) is 7.91. The molecule has 0 aliphatic carbocycles. The molecule has 0 aliphatic heterocycles. The van der Waals surface area contributed by atoms with Gasteiger partial charge in [-0.1, -0.05) is 30.0 Å². The molecule has 0 spiro atoms. The van der Waals surface area contributed by atoms with Gasteiger partial charge < -0.3 is 10.5 Å². The summed E-state index contributed by atoms with van der Waals surface area (Å²) in [6, 6.07) is 14.0. The highest BCUT2D eigenvalue weighted by Gasteiger charge is 2.11. The van der Waals surface area contributed by atoms with E-state index in [1.165, 1.54) is 4.70 Å². The predicted octanol–water partition coefficient (Wildman–Crippen LogP) is 4.82. The second-order valence-electron chi connectivity index (χ2n) is 4.88. The Morgan fingerprint density at radius 3 is 2.71 bits per heavy atom. The van der Waals surface area contributed by atoms with E-state index >= 15 is 0 Å². The van der Waals surface area contributed by atoms with Gasteiger partial charge >= 0.3 is 0 Å². The van der Waals surface area contributed by atoms with E-state index in [9.17, 15) is 0 Å². The topological polar surface area (TPSA) is 48.1 Å². The number of benzene rings is 2. The van der Waals surface area contributed by atoms with Crippen LogP contribution < -0.4 is 10.5 Å². The third-order valence-corrected chi connectivity index (χ3v) is 5.03. The molecule has 3 rings (SSSR count). The van der Waals surface area contributed by atoms with Crippen LogP contribution in [-0.2, 0) is 0 Å². The fourth-order valence-corrected chi connectivity index (χ4v) is 4.05. The molecular weight excluding hydrogens is 300 g/mol. The van der Waals surface area contributed by atoms with Gasteiger partial charge in [-0.05, 0) is 38.1 Å². The van der Waals surface area contributed by atoms with E-state index in [-0.39, 0.29) is 6.10 Å². The largest absolute Gasteiger partial charge is 0.489 e. The summed E-state index contributed by atoms with van der Waals surface area (Å²) in [4.78, 5) is 5.60. The van der Waals surface area contributed by atoms with Crippen molar-refractivity contribution in [2.45, 2.75) is 29.2 Å². The molecular formula is C16H16N2OS2. The third kappa shape index (κ3) is 3.14. The van der Waals surface area contributed by atoms with Gasteiger partial charge in [0.2, 0.25) is 0 Å². The Hall–Kier alpha value is -1.72. The molecule has 5 heteroatoms. The number of hydrogen-bond donors (Lipinski definition) is 1. The Bertz CT molecular complexity index is 735. The molecule has 3 nitrogen and oxygen atoms in total. The lowest BCUT2D eigenvalue weighted by molar-refractivity contribution is 0.243. The number of nitrogens with two attached hydrogens (primary N) is 1. The van der Waals surface area contributed by atoms with Crippen molar-refractivity contribution in [2.75, 3.05) is 5.73 Å². The zero-order valence-electron chi connectivity index (χ0n) is 11.9. The number of aromatic nitrogens is 1. The van der Waals surface area contributed by atoms with Crippen LogP contribution in [0.2, 0.25) is 0 Å². The molecule has 0 fully saturated rings. The number of ether oxygens (including phenoxy) is 1. The molecule has 0 bridgehead atoms. The zero-order chi connectivity index (χ0) is 14.8. The zero-order valence-corrected chi connectivity index (χ0v) is 13.5. The molecule has 2 N–H and O–H groups in total. The van der Waals surface area contributed by atoms with Crippen LogP contribution in [0.25, 0.3) is 10.2 Å². The van der Waals surface area contributed by atoms with Crippen LogP contribution >= 0.6 is 23.1 Å². The Balaban J connectivity index is 1.90. The van der Waals surface area contributed by atoms with Gasteiger partial charge in [-0.2, -0.15) is 0 Å². The number of nitrogens with zero attached hydrogens (tertiary/aromatic N) is 1. The fourth-order valence-electron chi connectivity index (χ4n) is 1.96. The number of nitrogen functional groups attached to an aromatic ring is 1. The molecule has 0 atom stereocenters. The minimum Gasteiger partial charge on any atom is -0.489 e. The minimum absolute atomic E-state index is 0.106. The van der Waals surface area contributed by atoms with E-state index in [0.717, 1.165) is 20.5 Å². The molecule has 108 valence electrons. The average Bonchev–Trinajstić information content (AvgIpc) is 2.85. The minimum atomic E-state index is 0.106. The Labute approximate surface area is 132 Å². The van der Waals surface area contributed by atoms with Crippen molar-refractivity contribution in [3.8, 4) is 5.75 Å². The summed E-state index contributed by atoms with van der Waals surface area (Å²) in [6.07, 6.45) is 0.106. The molecule has 0 saturated carbocycles. The summed E-state index contributed by atoms with van der Waals surface area (Å²) < 4.78 is 7.91. The van der Waals surface area contributed by atoms with Crippen LogP contribution in [0.15, 0.2) is 51.7 Å². The third-order valence-electron chi connectivity index (χ3n) is 2.86. The summed E-state index contributed by atoms with van der Waals surface area (Å²) >= 11 is 3.26. The predicted molar refractivity (Wildman–Crippen MR) is 90.4 cm³/mol. The van der Waals surface area contributed by atoms with Crippen LogP contribution in [0.5, 0.6) is 5.75 Å². The number of anilines is 1. The fraction of sp³-hybridized carbons (Fsp3) is 0.188. The molecule has 21 heavy (non-hydrogen) atoms. The number of hydrogen-bond acceptors (Lipinski definition) is 5. The first-order valence-corrected chi connectivity index (χ1v) is 8.35. The summed E-state index contributed by atoms with van der Waals surface area (Å²) in [5, 5.41) is 0. The van der Waals surface area contributed by atoms with E-state index in [1.54, 1.807) is 23.1 Å². The van der Waals surface area contributed by atoms with Gasteiger partial charge in [0.1, 0.15) is 5.75 Å². The molecule has 0 amide bonds. The summed E-state index contributed by atoms with van der Waals surface area (Å²) in [6.45, 7) is 3.99. The van der Waals surface area contributed by atoms with Crippen LogP contribution in [0.4, 0.5) is 5.69 Å². The van der Waals surface area contributed by atoms with E-state index < -0.39 is 0 Å². The number of rotatable bonds is 4. The van der Waals surface area contributed by atoms with E-state index in [1.807, 2.05) is 50.2 Å². The van der Waals surface area contributed by atoms with E-state index in [4.69, 9.17) is 10.5 Å². The Morgan fingerprint density at radius 1 is 1.14 bits per heavy atom. The van der Waals surface area contributed by atoms with Gasteiger partial charge in [0.25, 0.3) is 0 Å². The van der Waals surface area contributed by atoms with Gasteiger partial charge in [0, 0.05) is 4.90 Å². The number of para-hydroxylation sites is 2. The molecule has 0 unspecified atom stereocenters. The smallest absolute Gasteiger partial charge is 0.155 e. The standard InChI is InChI=1S/C16H16N2OS2/c1-10(2)19-12-7-5-9-14(15(12)17)21-16-18-11-6-3-4-8-13(11)20-16/h3-10H,17H2,1-2H3. The normalized spacial score (nSPS) is 11.2. The first-order valence-electron chi connectivity index (χ1n) is 6.72. The lowest BCUT2D eigenvalue weighted by atomic mass is 10.3. The quantitative estimate of drug-likeness (QED) is 0.701. The van der Waals surface area contributed by atoms with Crippen molar-refractivity contribution in [3.05, 3.63) is 42.5 Å². The van der Waals surface area contributed by atoms with Crippen LogP contribution in [0.3, 0.4) is 0 Å². The average molecular weight is 316 g/mol. The maximum atomic E-state index is 6.20. The van der Waals surface area contributed by atoms with Crippen molar-refractivity contribution in [2.24, 2.45) is 0 Å². The van der Waals surface area contributed by atoms with Gasteiger partial charge in [0.15, 0.2) is 4.34 Å². The SMILES string of the molecule is CC(C)Oc1cccc(Sc2nc3ccccc3s2)c1N. The van der Waals surface area contributed by atoms with Crippen molar-refractivity contribution in [1.29, 1.82) is 0 Å². The van der Waals surface area contributed by atoms with Crippen molar-refractivity contribution in [3.63, 3.8) is 0 Å². The maximum Gasteiger partial charge on any atom is 0.155 e. The van der Waals surface area contributed by atoms with Crippen LogP contribution in [0.1, 0.15) is 13.8 Å².